The Hall–Kier alpha value is 0.608. The largest absolute Gasteiger partial charge is 0.425 e. The van der Waals surface area contributed by atoms with E-state index in [0.29, 0.717) is 0 Å². The van der Waals surface area contributed by atoms with E-state index in [-0.39, 0.29) is 21.1 Å². The molecule has 0 aromatic rings. The second kappa shape index (κ2) is 5.74. The van der Waals surface area contributed by atoms with Gasteiger partial charge in [0.25, 0.3) is 0 Å². The molecule has 0 saturated heterocycles. The van der Waals surface area contributed by atoms with Crippen molar-refractivity contribution >= 4 is 0 Å². The summed E-state index contributed by atoms with van der Waals surface area (Å²) in [6.07, 6.45) is 0.444. The maximum Gasteiger partial charge on any atom is 0 e. The summed E-state index contributed by atoms with van der Waals surface area (Å²) in [6.45, 7) is 3.21. The summed E-state index contributed by atoms with van der Waals surface area (Å²) in [5.41, 5.74) is 0. The molecule has 0 rings (SSSR count). The molecule has 2 atom stereocenters. The minimum atomic E-state index is -0.500. The molecule has 0 aliphatic heterocycles. The zero-order chi connectivity index (χ0) is 5.86. The predicted octanol–water partition coefficient (Wildman–Crippen LogP) is -0.0502. The first-order valence-corrected chi connectivity index (χ1v) is 2.34. The van der Waals surface area contributed by atoms with Crippen LogP contribution in [0.3, 0.4) is 0 Å². The normalized spacial score (nSPS) is 16.5. The number of aliphatic hydroxyl groups is 2. The third kappa shape index (κ3) is 9.79. The summed E-state index contributed by atoms with van der Waals surface area (Å²) in [5.74, 6) is 0. The quantitative estimate of drug-likeness (QED) is 0.699. The molecule has 0 amide bonds. The summed E-state index contributed by atoms with van der Waals surface area (Å²) in [6, 6.07) is 0. The third-order valence-electron chi connectivity index (χ3n) is 0.557. The van der Waals surface area contributed by atoms with E-state index in [0.717, 1.165) is 0 Å². The molecule has 0 aliphatic rings. The Morgan fingerprint density at radius 1 is 1.12 bits per heavy atom. The summed E-state index contributed by atoms with van der Waals surface area (Å²) in [5, 5.41) is 17.0. The molecule has 0 radical (unpaired) electrons. The van der Waals surface area contributed by atoms with E-state index in [4.69, 9.17) is 10.2 Å². The smallest absolute Gasteiger partial charge is 0 e. The first-order valence-electron chi connectivity index (χ1n) is 2.34. The molecule has 0 heterocycles. The van der Waals surface area contributed by atoms with Crippen LogP contribution in [0.25, 0.3) is 0 Å². The van der Waals surface area contributed by atoms with Crippen LogP contribution in [-0.2, 0) is 21.1 Å². The van der Waals surface area contributed by atoms with Gasteiger partial charge in [0.1, 0.15) is 0 Å². The van der Waals surface area contributed by atoms with Gasteiger partial charge in [0.05, 0.1) is 0 Å². The minimum Gasteiger partial charge on any atom is -0.425 e. The average molecular weight is 287 g/mol. The maximum absolute atomic E-state index is 8.51. The Morgan fingerprint density at radius 3 is 1.38 bits per heavy atom. The first-order chi connectivity index (χ1) is 3.13. The van der Waals surface area contributed by atoms with Crippen LogP contribution in [-0.4, -0.2) is 22.4 Å². The van der Waals surface area contributed by atoms with E-state index in [9.17, 15) is 0 Å². The van der Waals surface area contributed by atoms with Crippen LogP contribution in [0, 0.1) is 6.42 Å². The van der Waals surface area contributed by atoms with Crippen LogP contribution in [0.5, 0.6) is 0 Å². The van der Waals surface area contributed by atoms with Gasteiger partial charge in [0.15, 0.2) is 0 Å². The Bertz CT molecular complexity index is 39.7. The van der Waals surface area contributed by atoms with Gasteiger partial charge in [-0.1, -0.05) is 26.1 Å². The van der Waals surface area contributed by atoms with Gasteiger partial charge >= 0.3 is 0 Å². The topological polar surface area (TPSA) is 40.5 Å². The van der Waals surface area contributed by atoms with Crippen molar-refractivity contribution in [1.82, 2.24) is 0 Å². The molecule has 0 aliphatic carbocycles. The molecule has 0 fully saturated rings. The molecule has 8 heavy (non-hydrogen) atoms. The molecule has 0 spiro atoms. The molecule has 2 nitrogen and oxygen atoms in total. The van der Waals surface area contributed by atoms with Crippen molar-refractivity contribution in [2.75, 3.05) is 0 Å². The predicted molar refractivity (Wildman–Crippen MR) is 27.7 cm³/mol. The van der Waals surface area contributed by atoms with Gasteiger partial charge < -0.3 is 10.2 Å². The van der Waals surface area contributed by atoms with Crippen molar-refractivity contribution in [3.05, 3.63) is 6.42 Å². The van der Waals surface area contributed by atoms with E-state index in [2.05, 4.69) is 0 Å². The Morgan fingerprint density at radius 2 is 1.38 bits per heavy atom. The summed E-state index contributed by atoms with van der Waals surface area (Å²) >= 11 is 0. The van der Waals surface area contributed by atoms with Crippen molar-refractivity contribution in [2.24, 2.45) is 0 Å². The second-order valence-electron chi connectivity index (χ2n) is 1.67. The van der Waals surface area contributed by atoms with E-state index in [1.165, 1.54) is 6.42 Å². The number of rotatable bonds is 2. The molecule has 0 aromatic heterocycles. The molecule has 0 bridgehead atoms. The van der Waals surface area contributed by atoms with Crippen LogP contribution >= 0.6 is 0 Å². The average Bonchev–Trinajstić information content (AvgIpc) is 1.27. The van der Waals surface area contributed by atoms with Crippen molar-refractivity contribution in [3.8, 4) is 0 Å². The molecule has 3 heteroatoms. The summed E-state index contributed by atoms with van der Waals surface area (Å²) in [4.78, 5) is 0. The van der Waals surface area contributed by atoms with Gasteiger partial charge in [-0.3, -0.25) is 6.42 Å². The molecule has 50 valence electrons. The van der Waals surface area contributed by atoms with Crippen LogP contribution in [0.15, 0.2) is 0 Å². The van der Waals surface area contributed by atoms with Crippen molar-refractivity contribution in [3.63, 3.8) is 0 Å². The molecule has 0 saturated carbocycles. The van der Waals surface area contributed by atoms with Gasteiger partial charge in [0.2, 0.25) is 0 Å². The zero-order valence-electron chi connectivity index (χ0n) is 5.03. The molecular formula is C5H11O2W-. The Balaban J connectivity index is 0. The maximum atomic E-state index is 8.51. The molecular weight excluding hydrogens is 276 g/mol. The minimum absolute atomic E-state index is 0. The van der Waals surface area contributed by atoms with Crippen molar-refractivity contribution in [2.45, 2.75) is 26.1 Å². The van der Waals surface area contributed by atoms with E-state index < -0.39 is 12.2 Å². The fourth-order valence-corrected chi connectivity index (χ4v) is 0.403. The number of hydrogen-bond acceptors (Lipinski definition) is 2. The van der Waals surface area contributed by atoms with Crippen LogP contribution < -0.4 is 0 Å². The summed E-state index contributed by atoms with van der Waals surface area (Å²) < 4.78 is 0. The number of aliphatic hydroxyl groups excluding tert-OH is 2. The van der Waals surface area contributed by atoms with Gasteiger partial charge in [-0.2, -0.15) is 0 Å². The van der Waals surface area contributed by atoms with Crippen LogP contribution in [0.4, 0.5) is 0 Å². The van der Waals surface area contributed by atoms with Gasteiger partial charge in [-0.15, -0.1) is 0 Å². The van der Waals surface area contributed by atoms with E-state index >= 15 is 0 Å². The Labute approximate surface area is 64.2 Å². The van der Waals surface area contributed by atoms with E-state index in [1.807, 2.05) is 0 Å². The third-order valence-corrected chi connectivity index (χ3v) is 0.557. The van der Waals surface area contributed by atoms with Crippen molar-refractivity contribution < 1.29 is 31.3 Å². The SMILES string of the molecule is CC(O)[CH-]C(C)O.[W]. The monoisotopic (exact) mass is 287 g/mol. The van der Waals surface area contributed by atoms with E-state index in [1.54, 1.807) is 13.8 Å². The molecule has 2 N–H and O–H groups in total. The number of hydrogen-bond donors (Lipinski definition) is 2. The zero-order valence-corrected chi connectivity index (χ0v) is 7.97. The first kappa shape index (κ1) is 11.4. The fraction of sp³-hybridized carbons (Fsp3) is 0.800. The van der Waals surface area contributed by atoms with Gasteiger partial charge in [0, 0.05) is 21.1 Å². The standard InChI is InChI=1S/C5H11O2.W/c1-4(6)3-5(2)7;/h3-7H,1-2H3;/q-1;. The van der Waals surface area contributed by atoms with Gasteiger partial charge in [-0.25, -0.2) is 0 Å². The molecule has 0 aromatic carbocycles. The molecule has 2 unspecified atom stereocenters. The fourth-order valence-electron chi connectivity index (χ4n) is 0.403. The Kier molecular flexibility index (Phi) is 8.19. The summed E-state index contributed by atoms with van der Waals surface area (Å²) in [7, 11) is 0. The van der Waals surface area contributed by atoms with Gasteiger partial charge in [-0.05, 0) is 0 Å². The van der Waals surface area contributed by atoms with Crippen LogP contribution in [0.1, 0.15) is 13.8 Å². The van der Waals surface area contributed by atoms with Crippen molar-refractivity contribution in [1.29, 1.82) is 0 Å². The van der Waals surface area contributed by atoms with Crippen LogP contribution in [0.2, 0.25) is 0 Å². The second-order valence-corrected chi connectivity index (χ2v) is 1.67.